The first-order chi connectivity index (χ1) is 10.9. The molecule has 6 nitrogen and oxygen atoms in total. The van der Waals surface area contributed by atoms with Gasteiger partial charge in [0, 0.05) is 21.8 Å². The number of aliphatic carboxylic acids is 1. The van der Waals surface area contributed by atoms with Crippen LogP contribution in [0.1, 0.15) is 11.1 Å². The number of aliphatic hydroxyl groups is 1. The molecule has 9 heteroatoms. The molecule has 0 radical (unpaired) electrons. The molecule has 25 heavy (non-hydrogen) atoms. The molecular formula is C16H11ClK2N2O4. The van der Waals surface area contributed by atoms with Crippen molar-refractivity contribution in [2.24, 2.45) is 4.99 Å². The largest absolute Gasteiger partial charge is 1.00 e. The van der Waals surface area contributed by atoms with E-state index in [1.165, 1.54) is 12.1 Å². The molecule has 2 atom stereocenters. The number of carboxylic acids is 1. The average Bonchev–Trinajstić information content (AvgIpc) is 2.61. The van der Waals surface area contributed by atoms with Crippen LogP contribution in [0, 0.1) is 0 Å². The van der Waals surface area contributed by atoms with E-state index in [4.69, 9.17) is 11.6 Å². The van der Waals surface area contributed by atoms with Crippen molar-refractivity contribution in [1.82, 2.24) is 0 Å². The summed E-state index contributed by atoms with van der Waals surface area (Å²) in [4.78, 5) is 15.2. The van der Waals surface area contributed by atoms with Crippen LogP contribution in [0.2, 0.25) is 5.02 Å². The van der Waals surface area contributed by atoms with Crippen LogP contribution >= 0.6 is 11.6 Å². The van der Waals surface area contributed by atoms with Crippen molar-refractivity contribution in [1.29, 1.82) is 0 Å². The summed E-state index contributed by atoms with van der Waals surface area (Å²) in [6.07, 6.45) is 0. The molecule has 0 saturated carbocycles. The molecule has 1 aliphatic rings. The predicted octanol–water partition coefficient (Wildman–Crippen LogP) is -6.26. The summed E-state index contributed by atoms with van der Waals surface area (Å²) < 4.78 is 0. The molecule has 0 aromatic heterocycles. The number of benzodiazepines with no additional fused rings is 1. The number of carbonyl (C=O) groups is 1. The molecule has 1 heterocycles. The molecule has 2 aromatic rings. The first-order valence-electron chi connectivity index (χ1n) is 6.73. The van der Waals surface area contributed by atoms with E-state index in [1.807, 2.05) is 0 Å². The summed E-state index contributed by atoms with van der Waals surface area (Å²) in [7, 11) is 0. The molecule has 2 N–H and O–H groups in total. The quantitative estimate of drug-likeness (QED) is 0.380. The summed E-state index contributed by atoms with van der Waals surface area (Å²) >= 11 is 6.00. The first-order valence-corrected chi connectivity index (χ1v) is 7.11. The van der Waals surface area contributed by atoms with Gasteiger partial charge < -0.3 is 25.4 Å². The number of carboxylic acid groups (broad SMARTS) is 1. The zero-order valence-electron chi connectivity index (χ0n) is 13.7. The van der Waals surface area contributed by atoms with Gasteiger partial charge in [-0.15, -0.1) is 0 Å². The van der Waals surface area contributed by atoms with Crippen molar-refractivity contribution in [3.63, 3.8) is 0 Å². The predicted molar refractivity (Wildman–Crippen MR) is 80.9 cm³/mol. The molecule has 0 fully saturated rings. The van der Waals surface area contributed by atoms with Gasteiger partial charge in [-0.25, -0.2) is 0 Å². The van der Waals surface area contributed by atoms with Gasteiger partial charge in [0.05, 0.1) is 17.6 Å². The van der Waals surface area contributed by atoms with Gasteiger partial charge in [-0.3, -0.25) is 4.99 Å². The molecule has 0 bridgehead atoms. The molecule has 1 aliphatic heterocycles. The average molecular weight is 409 g/mol. The Bertz CT molecular complexity index is 800. The Morgan fingerprint density at radius 3 is 2.44 bits per heavy atom. The van der Waals surface area contributed by atoms with Crippen molar-refractivity contribution in [2.75, 3.05) is 5.32 Å². The fourth-order valence-electron chi connectivity index (χ4n) is 2.41. The number of benzene rings is 2. The van der Waals surface area contributed by atoms with Crippen molar-refractivity contribution >= 4 is 29.0 Å². The van der Waals surface area contributed by atoms with Crippen LogP contribution in [0.3, 0.4) is 0 Å². The molecule has 0 amide bonds. The smallest absolute Gasteiger partial charge is 0.810 e. The number of rotatable bonds is 2. The number of halogens is 1. The van der Waals surface area contributed by atoms with Gasteiger partial charge in [0.2, 0.25) is 0 Å². The standard InChI is InChI=1S/C16H12ClN2O4.2K/c17-10-6-7-12-11(8-10)13(9-4-2-1-3-5-9)18-14(15(20)21)16(22,23)19-12;;/h1-8,14,19,22H,(H,20,21);;/q-1;2*+1/p-1. The molecule has 3 rings (SSSR count). The maximum Gasteiger partial charge on any atom is 1.00 e. The first kappa shape index (κ1) is 23.9. The summed E-state index contributed by atoms with van der Waals surface area (Å²) in [6, 6.07) is 11.2. The van der Waals surface area contributed by atoms with Gasteiger partial charge in [-0.1, -0.05) is 41.9 Å². The number of anilines is 1. The molecule has 0 aliphatic carbocycles. The summed E-state index contributed by atoms with van der Waals surface area (Å²) in [5.74, 6) is -4.82. The van der Waals surface area contributed by atoms with Crippen molar-refractivity contribution < 1.29 is 123 Å². The van der Waals surface area contributed by atoms with E-state index >= 15 is 0 Å². The Balaban J connectivity index is 0.00000156. The minimum absolute atomic E-state index is 0. The number of hydrogen-bond acceptors (Lipinski definition) is 6. The van der Waals surface area contributed by atoms with Crippen molar-refractivity contribution in [3.8, 4) is 0 Å². The number of hydrogen-bond donors (Lipinski definition) is 2. The number of carbonyl (C=O) groups excluding carboxylic acids is 1. The van der Waals surface area contributed by atoms with Crippen molar-refractivity contribution in [2.45, 2.75) is 12.0 Å². The van der Waals surface area contributed by atoms with Gasteiger partial charge in [0.15, 0.2) is 0 Å². The third kappa shape index (κ3) is 5.44. The SMILES string of the molecule is O=C([O-])C1N=C(c2ccccc2)c2cc(Cl)ccc2NC1([O-])O.[K+].[K+]. The zero-order valence-corrected chi connectivity index (χ0v) is 20.7. The molecule has 0 saturated heterocycles. The van der Waals surface area contributed by atoms with Crippen molar-refractivity contribution in [3.05, 3.63) is 64.7 Å². The van der Waals surface area contributed by atoms with Crippen LogP contribution in [-0.4, -0.2) is 28.7 Å². The third-order valence-corrected chi connectivity index (χ3v) is 3.68. The molecule has 118 valence electrons. The second-order valence-corrected chi connectivity index (χ2v) is 5.51. The Morgan fingerprint density at radius 2 is 1.84 bits per heavy atom. The van der Waals surface area contributed by atoms with E-state index in [-0.39, 0.29) is 114 Å². The van der Waals surface area contributed by atoms with Crippen LogP contribution in [-0.2, 0) is 4.79 Å². The summed E-state index contributed by atoms with van der Waals surface area (Å²) in [5, 5.41) is 36.1. The van der Waals surface area contributed by atoms with Gasteiger partial charge in [0.1, 0.15) is 6.04 Å². The number of aliphatic imine (C=N–C) groups is 1. The van der Waals surface area contributed by atoms with Crippen LogP contribution in [0.4, 0.5) is 5.69 Å². The van der Waals surface area contributed by atoms with Crippen LogP contribution in [0.5, 0.6) is 0 Å². The Morgan fingerprint density at radius 1 is 1.20 bits per heavy atom. The minimum Gasteiger partial charge on any atom is -0.810 e. The summed E-state index contributed by atoms with van der Waals surface area (Å²) in [6.45, 7) is 0. The monoisotopic (exact) mass is 408 g/mol. The second kappa shape index (κ2) is 9.88. The number of nitrogens with one attached hydrogen (secondary N) is 1. The zero-order chi connectivity index (χ0) is 16.6. The molecule has 2 unspecified atom stereocenters. The molecular weight excluding hydrogens is 398 g/mol. The van der Waals surface area contributed by atoms with Gasteiger partial charge in [-0.2, -0.15) is 0 Å². The van der Waals surface area contributed by atoms with Crippen LogP contribution in [0.25, 0.3) is 0 Å². The third-order valence-electron chi connectivity index (χ3n) is 3.45. The van der Waals surface area contributed by atoms with E-state index in [0.29, 0.717) is 16.1 Å². The van der Waals surface area contributed by atoms with Gasteiger partial charge in [-0.05, 0) is 18.2 Å². The number of nitrogens with zero attached hydrogens (tertiary/aromatic N) is 1. The maximum absolute atomic E-state index is 12.2. The van der Waals surface area contributed by atoms with E-state index < -0.39 is 17.9 Å². The van der Waals surface area contributed by atoms with Gasteiger partial charge in [0.25, 0.3) is 0 Å². The van der Waals surface area contributed by atoms with E-state index in [1.54, 1.807) is 36.4 Å². The Hall–Kier alpha value is 0.863. The molecule has 0 spiro atoms. The topological polar surface area (TPSA) is 108 Å². The Kier molecular flexibility index (Phi) is 9.44. The fourth-order valence-corrected chi connectivity index (χ4v) is 2.58. The van der Waals surface area contributed by atoms with E-state index in [0.717, 1.165) is 0 Å². The minimum atomic E-state index is -3.04. The maximum atomic E-state index is 12.2. The normalized spacial score (nSPS) is 21.4. The summed E-state index contributed by atoms with van der Waals surface area (Å²) in [5.41, 5.74) is 1.47. The van der Waals surface area contributed by atoms with E-state index in [9.17, 15) is 20.1 Å². The Labute approximate surface area is 234 Å². The van der Waals surface area contributed by atoms with Gasteiger partial charge >= 0.3 is 103 Å². The molecule has 2 aromatic carbocycles. The van der Waals surface area contributed by atoms with Crippen LogP contribution in [0.15, 0.2) is 53.5 Å². The van der Waals surface area contributed by atoms with E-state index in [2.05, 4.69) is 10.3 Å². The number of fused-ring (bicyclic) bond motifs is 1. The van der Waals surface area contributed by atoms with Crippen LogP contribution < -0.4 is 118 Å². The fraction of sp³-hybridized carbons (Fsp3) is 0.125. The second-order valence-electron chi connectivity index (χ2n) is 5.08.